The van der Waals surface area contributed by atoms with Crippen molar-refractivity contribution in [3.8, 4) is 0 Å². The highest BCUT2D eigenvalue weighted by Gasteiger charge is 2.26. The van der Waals surface area contributed by atoms with E-state index in [-0.39, 0.29) is 10.8 Å². The molecule has 0 atom stereocenters. The van der Waals surface area contributed by atoms with Gasteiger partial charge in [-0.1, -0.05) is 6.07 Å². The van der Waals surface area contributed by atoms with Crippen LogP contribution >= 0.6 is 11.3 Å². The van der Waals surface area contributed by atoms with E-state index in [1.54, 1.807) is 17.6 Å². The molecule has 25 heavy (non-hydrogen) atoms. The van der Waals surface area contributed by atoms with E-state index in [0.717, 1.165) is 5.69 Å². The monoisotopic (exact) mass is 381 g/mol. The summed E-state index contributed by atoms with van der Waals surface area (Å²) in [5, 5.41) is 4.72. The zero-order chi connectivity index (χ0) is 17.7. The lowest BCUT2D eigenvalue weighted by Gasteiger charge is -2.26. The molecule has 3 rings (SSSR count). The normalized spacial score (nSPS) is 15.8. The largest absolute Gasteiger partial charge is 0.379 e. The molecule has 2 aromatic rings. The SMILES string of the molecule is O=C(NCCc1cscn1)c1cccc(S(=O)(=O)N2CCOCC2)c1. The van der Waals surface area contributed by atoms with Gasteiger partial charge >= 0.3 is 0 Å². The van der Waals surface area contributed by atoms with Gasteiger partial charge in [0.25, 0.3) is 5.91 Å². The minimum Gasteiger partial charge on any atom is -0.379 e. The third-order valence-electron chi connectivity index (χ3n) is 3.85. The molecule has 0 bridgehead atoms. The fraction of sp³-hybridized carbons (Fsp3) is 0.375. The Balaban J connectivity index is 1.66. The maximum atomic E-state index is 12.7. The fourth-order valence-electron chi connectivity index (χ4n) is 2.50. The highest BCUT2D eigenvalue weighted by molar-refractivity contribution is 7.89. The molecule has 134 valence electrons. The third kappa shape index (κ3) is 4.43. The highest BCUT2D eigenvalue weighted by Crippen LogP contribution is 2.18. The second-order valence-electron chi connectivity index (χ2n) is 5.53. The van der Waals surface area contributed by atoms with Crippen molar-refractivity contribution in [3.05, 3.63) is 46.4 Å². The van der Waals surface area contributed by atoms with Crippen LogP contribution in [0.4, 0.5) is 0 Å². The molecule has 7 nitrogen and oxygen atoms in total. The molecule has 1 fully saturated rings. The van der Waals surface area contributed by atoms with E-state index in [0.29, 0.717) is 44.8 Å². The van der Waals surface area contributed by atoms with Gasteiger partial charge in [-0.2, -0.15) is 4.31 Å². The topological polar surface area (TPSA) is 88.6 Å². The summed E-state index contributed by atoms with van der Waals surface area (Å²) in [6.07, 6.45) is 0.640. The summed E-state index contributed by atoms with van der Waals surface area (Å²) in [4.78, 5) is 16.6. The number of nitrogens with zero attached hydrogens (tertiary/aromatic N) is 2. The fourth-order valence-corrected chi connectivity index (χ4v) is 4.55. The number of morpholine rings is 1. The molecule has 0 aliphatic carbocycles. The van der Waals surface area contributed by atoms with Crippen molar-refractivity contribution in [1.82, 2.24) is 14.6 Å². The van der Waals surface area contributed by atoms with Crippen LogP contribution in [0.1, 0.15) is 16.1 Å². The number of thiazole rings is 1. The smallest absolute Gasteiger partial charge is 0.251 e. The second-order valence-corrected chi connectivity index (χ2v) is 8.19. The predicted octanol–water partition coefficient (Wildman–Crippen LogP) is 1.14. The van der Waals surface area contributed by atoms with Crippen molar-refractivity contribution in [1.29, 1.82) is 0 Å². The average Bonchev–Trinajstić information content (AvgIpc) is 3.16. The van der Waals surface area contributed by atoms with Gasteiger partial charge in [0.15, 0.2) is 0 Å². The second kappa shape index (κ2) is 8.05. The maximum absolute atomic E-state index is 12.7. The summed E-state index contributed by atoms with van der Waals surface area (Å²) < 4.78 is 31.9. The summed E-state index contributed by atoms with van der Waals surface area (Å²) in [7, 11) is -3.61. The molecule has 0 spiro atoms. The van der Waals surface area contributed by atoms with Crippen molar-refractivity contribution in [3.63, 3.8) is 0 Å². The number of nitrogens with one attached hydrogen (secondary N) is 1. The first-order valence-electron chi connectivity index (χ1n) is 7.90. The van der Waals surface area contributed by atoms with Crippen LogP contribution in [-0.2, 0) is 21.2 Å². The number of aromatic nitrogens is 1. The molecule has 0 saturated carbocycles. The number of ether oxygens (including phenoxy) is 1. The summed E-state index contributed by atoms with van der Waals surface area (Å²) >= 11 is 1.51. The molecule has 1 saturated heterocycles. The standard InChI is InChI=1S/C16H19N3O4S2/c20-16(17-5-4-14-11-24-12-18-14)13-2-1-3-15(10-13)25(21,22)19-6-8-23-9-7-19/h1-3,10-12H,4-9H2,(H,17,20). The molecule has 1 aromatic heterocycles. The Bertz CT molecular complexity index is 816. The third-order valence-corrected chi connectivity index (χ3v) is 6.38. The number of amides is 1. The zero-order valence-corrected chi connectivity index (χ0v) is 15.2. The minimum absolute atomic E-state index is 0.126. The molecule has 1 amide bonds. The number of benzene rings is 1. The molecule has 0 radical (unpaired) electrons. The number of hydrogen-bond acceptors (Lipinski definition) is 6. The summed E-state index contributed by atoms with van der Waals surface area (Å²) in [5.41, 5.74) is 3.00. The van der Waals surface area contributed by atoms with Crippen LogP contribution in [0.15, 0.2) is 40.1 Å². The van der Waals surface area contributed by atoms with E-state index in [1.165, 1.54) is 27.8 Å². The lowest BCUT2D eigenvalue weighted by atomic mass is 10.2. The Kier molecular flexibility index (Phi) is 5.79. The highest BCUT2D eigenvalue weighted by atomic mass is 32.2. The first-order valence-corrected chi connectivity index (χ1v) is 10.3. The lowest BCUT2D eigenvalue weighted by molar-refractivity contribution is 0.0730. The van der Waals surface area contributed by atoms with Gasteiger partial charge in [0.05, 0.1) is 29.3 Å². The van der Waals surface area contributed by atoms with E-state index in [1.807, 2.05) is 5.38 Å². The Hall–Kier alpha value is -1.81. The number of carbonyl (C=O) groups is 1. The predicted molar refractivity (Wildman–Crippen MR) is 94.2 cm³/mol. The maximum Gasteiger partial charge on any atom is 0.251 e. The van der Waals surface area contributed by atoms with Gasteiger partial charge in [-0.25, -0.2) is 13.4 Å². The van der Waals surface area contributed by atoms with Crippen molar-refractivity contribution in [2.45, 2.75) is 11.3 Å². The van der Waals surface area contributed by atoms with Gasteiger partial charge in [-0.15, -0.1) is 11.3 Å². The van der Waals surface area contributed by atoms with Gasteiger partial charge in [0, 0.05) is 37.0 Å². The number of sulfonamides is 1. The van der Waals surface area contributed by atoms with Crippen LogP contribution in [0.3, 0.4) is 0 Å². The van der Waals surface area contributed by atoms with Gasteiger partial charge in [0.1, 0.15) is 0 Å². The molecule has 9 heteroatoms. The Labute approximate surface area is 150 Å². The van der Waals surface area contributed by atoms with Gasteiger partial charge < -0.3 is 10.1 Å². The Morgan fingerprint density at radius 2 is 2.12 bits per heavy atom. The van der Waals surface area contributed by atoms with E-state index >= 15 is 0 Å². The lowest BCUT2D eigenvalue weighted by Crippen LogP contribution is -2.40. The van der Waals surface area contributed by atoms with Gasteiger partial charge in [0.2, 0.25) is 10.0 Å². The molecule has 0 unspecified atom stereocenters. The molecule has 1 N–H and O–H groups in total. The van der Waals surface area contributed by atoms with E-state index in [9.17, 15) is 13.2 Å². The zero-order valence-electron chi connectivity index (χ0n) is 13.6. The van der Waals surface area contributed by atoms with Crippen molar-refractivity contribution >= 4 is 27.3 Å². The van der Waals surface area contributed by atoms with Crippen LogP contribution in [0.5, 0.6) is 0 Å². The summed E-state index contributed by atoms with van der Waals surface area (Å²) in [6, 6.07) is 6.12. The number of hydrogen-bond donors (Lipinski definition) is 1. The Morgan fingerprint density at radius 3 is 2.84 bits per heavy atom. The van der Waals surface area contributed by atoms with Crippen LogP contribution in [0.25, 0.3) is 0 Å². The molecule has 2 heterocycles. The van der Waals surface area contributed by atoms with E-state index in [4.69, 9.17) is 4.74 Å². The van der Waals surface area contributed by atoms with Crippen LogP contribution in [0.2, 0.25) is 0 Å². The average molecular weight is 381 g/mol. The van der Waals surface area contributed by atoms with Crippen LogP contribution in [-0.4, -0.2) is 56.5 Å². The van der Waals surface area contributed by atoms with E-state index < -0.39 is 10.0 Å². The van der Waals surface area contributed by atoms with Crippen molar-refractivity contribution in [2.75, 3.05) is 32.8 Å². The molecule has 1 aromatic carbocycles. The number of carbonyl (C=O) groups excluding carboxylic acids is 1. The van der Waals surface area contributed by atoms with Crippen LogP contribution in [0, 0.1) is 0 Å². The first-order chi connectivity index (χ1) is 12.1. The van der Waals surface area contributed by atoms with Crippen molar-refractivity contribution < 1.29 is 17.9 Å². The van der Waals surface area contributed by atoms with Crippen LogP contribution < -0.4 is 5.32 Å². The molecular formula is C16H19N3O4S2. The first kappa shape index (κ1) is 18.0. The summed E-state index contributed by atoms with van der Waals surface area (Å²) in [6.45, 7) is 1.87. The van der Waals surface area contributed by atoms with E-state index in [2.05, 4.69) is 10.3 Å². The van der Waals surface area contributed by atoms with Gasteiger partial charge in [-0.05, 0) is 18.2 Å². The summed E-state index contributed by atoms with van der Waals surface area (Å²) in [5.74, 6) is -0.297. The molecule has 1 aliphatic rings. The minimum atomic E-state index is -3.61. The van der Waals surface area contributed by atoms with Crippen molar-refractivity contribution in [2.24, 2.45) is 0 Å². The molecule has 1 aliphatic heterocycles. The molecular weight excluding hydrogens is 362 g/mol. The quantitative estimate of drug-likeness (QED) is 0.811. The van der Waals surface area contributed by atoms with Gasteiger partial charge in [-0.3, -0.25) is 4.79 Å². The number of rotatable bonds is 6. The Morgan fingerprint density at radius 1 is 1.32 bits per heavy atom.